The van der Waals surface area contributed by atoms with Crippen molar-refractivity contribution < 1.29 is 0 Å². The molecule has 0 radical (unpaired) electrons. The van der Waals surface area contributed by atoms with Crippen LogP contribution in [0.15, 0.2) is 22.3 Å². The van der Waals surface area contributed by atoms with Crippen LogP contribution in [0.5, 0.6) is 0 Å². The van der Waals surface area contributed by atoms with Crippen molar-refractivity contribution in [3.05, 3.63) is 28.0 Å². The maximum absolute atomic E-state index is 8.65. The highest BCUT2D eigenvalue weighted by Crippen LogP contribution is 2.18. The van der Waals surface area contributed by atoms with E-state index < -0.39 is 0 Å². The molecule has 1 rings (SSSR count). The predicted molar refractivity (Wildman–Crippen MR) is 61.6 cm³/mol. The molecule has 1 heterocycles. The molecule has 0 N–H and O–H groups in total. The molecule has 1 aromatic rings. The summed E-state index contributed by atoms with van der Waals surface area (Å²) in [6, 6.07) is 7.49. The molecular formula is C11H10BrN3. The van der Waals surface area contributed by atoms with E-state index in [4.69, 9.17) is 10.5 Å². The van der Waals surface area contributed by atoms with Crippen LogP contribution in [0.4, 0.5) is 0 Å². The topological polar surface area (TPSA) is 52.5 Å². The molecule has 15 heavy (non-hydrogen) atoms. The summed E-state index contributed by atoms with van der Waals surface area (Å²) in [5, 5.41) is 17.3. The lowest BCUT2D eigenvalue weighted by Gasteiger charge is -2.05. The second-order valence-electron chi connectivity index (χ2n) is 3.01. The summed E-state index contributed by atoms with van der Waals surface area (Å²) in [7, 11) is 0. The zero-order valence-electron chi connectivity index (χ0n) is 8.37. The Kier molecular flexibility index (Phi) is 4.15. The van der Waals surface area contributed by atoms with Gasteiger partial charge in [0.2, 0.25) is 0 Å². The Morgan fingerprint density at radius 1 is 1.47 bits per heavy atom. The van der Waals surface area contributed by atoms with Crippen molar-refractivity contribution in [1.82, 2.24) is 4.57 Å². The third kappa shape index (κ3) is 2.71. The normalized spacial score (nSPS) is 9.07. The van der Waals surface area contributed by atoms with Gasteiger partial charge in [0.15, 0.2) is 0 Å². The van der Waals surface area contributed by atoms with Gasteiger partial charge in [-0.15, -0.1) is 0 Å². The van der Waals surface area contributed by atoms with Crippen LogP contribution in [0.2, 0.25) is 0 Å². The van der Waals surface area contributed by atoms with Gasteiger partial charge in [0.1, 0.15) is 17.7 Å². The van der Waals surface area contributed by atoms with Crippen LogP contribution in [-0.4, -0.2) is 4.57 Å². The van der Waals surface area contributed by atoms with Crippen LogP contribution < -0.4 is 0 Å². The zero-order chi connectivity index (χ0) is 11.3. The lowest BCUT2D eigenvalue weighted by Crippen LogP contribution is -1.99. The van der Waals surface area contributed by atoms with Crippen LogP contribution in [0.25, 0.3) is 6.08 Å². The molecule has 0 aliphatic rings. The highest BCUT2D eigenvalue weighted by molar-refractivity contribution is 9.10. The van der Waals surface area contributed by atoms with E-state index in [1.54, 1.807) is 6.08 Å². The van der Waals surface area contributed by atoms with Gasteiger partial charge in [-0.2, -0.15) is 10.5 Å². The third-order valence-electron chi connectivity index (χ3n) is 1.94. The van der Waals surface area contributed by atoms with Crippen molar-refractivity contribution in [3.63, 3.8) is 0 Å². The molecular weight excluding hydrogens is 254 g/mol. The molecule has 0 aromatic carbocycles. The summed E-state index contributed by atoms with van der Waals surface area (Å²) in [6.45, 7) is 2.94. The molecule has 0 unspecified atom stereocenters. The summed E-state index contributed by atoms with van der Waals surface area (Å²) in [6.07, 6.45) is 2.60. The quantitative estimate of drug-likeness (QED) is 0.787. The monoisotopic (exact) mass is 263 g/mol. The lowest BCUT2D eigenvalue weighted by atomic mass is 10.2. The van der Waals surface area contributed by atoms with Crippen molar-refractivity contribution in [2.75, 3.05) is 0 Å². The number of nitrogens with zero attached hydrogens (tertiary/aromatic N) is 3. The van der Waals surface area contributed by atoms with Crippen LogP contribution >= 0.6 is 15.9 Å². The molecule has 0 aliphatic heterocycles. The third-order valence-corrected chi connectivity index (χ3v) is 2.63. The minimum absolute atomic E-state index is 0.123. The molecule has 0 fully saturated rings. The smallest absolute Gasteiger partial charge is 0.131 e. The average molecular weight is 264 g/mol. The van der Waals surface area contributed by atoms with Crippen LogP contribution in [0.3, 0.4) is 0 Å². The fraction of sp³-hybridized carbons (Fsp3) is 0.273. The lowest BCUT2D eigenvalue weighted by molar-refractivity contribution is 0.666. The molecule has 0 atom stereocenters. The second kappa shape index (κ2) is 5.38. The Hall–Kier alpha value is -1.52. The first kappa shape index (κ1) is 11.6. The van der Waals surface area contributed by atoms with Crippen molar-refractivity contribution >= 4 is 22.0 Å². The molecule has 76 valence electrons. The summed E-state index contributed by atoms with van der Waals surface area (Å²) >= 11 is 3.42. The van der Waals surface area contributed by atoms with Crippen molar-refractivity contribution in [2.24, 2.45) is 0 Å². The van der Waals surface area contributed by atoms with E-state index in [2.05, 4.69) is 22.9 Å². The van der Waals surface area contributed by atoms with E-state index in [0.29, 0.717) is 0 Å². The minimum Gasteiger partial charge on any atom is -0.336 e. The van der Waals surface area contributed by atoms with Crippen LogP contribution in [0, 0.1) is 22.7 Å². The maximum Gasteiger partial charge on any atom is 0.131 e. The number of halogens is 1. The van der Waals surface area contributed by atoms with E-state index in [-0.39, 0.29) is 5.57 Å². The Morgan fingerprint density at radius 3 is 2.67 bits per heavy atom. The highest BCUT2D eigenvalue weighted by atomic mass is 79.9. The van der Waals surface area contributed by atoms with E-state index in [0.717, 1.165) is 23.3 Å². The van der Waals surface area contributed by atoms with Gasteiger partial charge in [0, 0.05) is 12.2 Å². The van der Waals surface area contributed by atoms with Gasteiger partial charge in [-0.1, -0.05) is 6.92 Å². The molecule has 4 heteroatoms. The first-order valence-corrected chi connectivity index (χ1v) is 5.39. The fourth-order valence-electron chi connectivity index (χ4n) is 1.28. The van der Waals surface area contributed by atoms with E-state index in [9.17, 15) is 0 Å². The van der Waals surface area contributed by atoms with Crippen molar-refractivity contribution in [1.29, 1.82) is 10.5 Å². The standard InChI is InChI=1S/C11H10BrN3/c1-2-5-15-10(3-4-11(15)12)6-9(7-13)8-14/h3-4,6H,2,5H2,1H3. The van der Waals surface area contributed by atoms with E-state index in [1.165, 1.54) is 0 Å². The molecule has 1 aromatic heterocycles. The molecule has 0 spiro atoms. The number of hydrogen-bond donors (Lipinski definition) is 0. The predicted octanol–water partition coefficient (Wildman–Crippen LogP) is 3.09. The Morgan fingerprint density at radius 2 is 2.13 bits per heavy atom. The fourth-order valence-corrected chi connectivity index (χ4v) is 1.79. The summed E-state index contributed by atoms with van der Waals surface area (Å²) in [4.78, 5) is 0. The number of rotatable bonds is 3. The molecule has 0 saturated carbocycles. The molecule has 3 nitrogen and oxygen atoms in total. The second-order valence-corrected chi connectivity index (χ2v) is 3.83. The van der Waals surface area contributed by atoms with Gasteiger partial charge in [-0.3, -0.25) is 0 Å². The maximum atomic E-state index is 8.65. The molecule has 0 aliphatic carbocycles. The Labute approximate surface area is 97.4 Å². The molecule has 0 bridgehead atoms. The minimum atomic E-state index is 0.123. The SMILES string of the molecule is CCCn1c(Br)ccc1C=C(C#N)C#N. The van der Waals surface area contributed by atoms with E-state index >= 15 is 0 Å². The average Bonchev–Trinajstić information content (AvgIpc) is 2.58. The van der Waals surface area contributed by atoms with Gasteiger partial charge in [-0.05, 0) is 40.6 Å². The number of hydrogen-bond acceptors (Lipinski definition) is 2. The summed E-state index contributed by atoms with van der Waals surface area (Å²) < 4.78 is 2.99. The molecule has 0 saturated heterocycles. The summed E-state index contributed by atoms with van der Waals surface area (Å²) in [5.74, 6) is 0. The summed E-state index contributed by atoms with van der Waals surface area (Å²) in [5.41, 5.74) is 1.000. The van der Waals surface area contributed by atoms with Gasteiger partial charge in [0.05, 0.1) is 4.60 Å². The Bertz CT molecular complexity index is 441. The van der Waals surface area contributed by atoms with Crippen molar-refractivity contribution in [2.45, 2.75) is 19.9 Å². The first-order valence-electron chi connectivity index (χ1n) is 4.59. The zero-order valence-corrected chi connectivity index (χ0v) is 9.95. The van der Waals surface area contributed by atoms with Gasteiger partial charge in [-0.25, -0.2) is 0 Å². The van der Waals surface area contributed by atoms with Crippen LogP contribution in [0.1, 0.15) is 19.0 Å². The van der Waals surface area contributed by atoms with Gasteiger partial charge >= 0.3 is 0 Å². The number of aromatic nitrogens is 1. The number of nitriles is 2. The number of allylic oxidation sites excluding steroid dienone is 1. The van der Waals surface area contributed by atoms with Gasteiger partial charge in [0.25, 0.3) is 0 Å². The largest absolute Gasteiger partial charge is 0.336 e. The van der Waals surface area contributed by atoms with E-state index in [1.807, 2.05) is 28.8 Å². The van der Waals surface area contributed by atoms with Gasteiger partial charge < -0.3 is 4.57 Å². The molecule has 0 amide bonds. The van der Waals surface area contributed by atoms with Crippen molar-refractivity contribution in [3.8, 4) is 12.1 Å². The van der Waals surface area contributed by atoms with Crippen LogP contribution in [-0.2, 0) is 6.54 Å². The highest BCUT2D eigenvalue weighted by Gasteiger charge is 2.04. The Balaban J connectivity index is 3.12. The first-order chi connectivity index (χ1) is 7.22.